The van der Waals surface area contributed by atoms with E-state index in [1.54, 1.807) is 0 Å². The molecule has 15 heavy (non-hydrogen) atoms. The first-order valence-corrected chi connectivity index (χ1v) is 5.84. The van der Waals surface area contributed by atoms with Crippen LogP contribution < -0.4 is 5.32 Å². The molecule has 2 aliphatic heterocycles. The Bertz CT molecular complexity index is 344. The van der Waals surface area contributed by atoms with Gasteiger partial charge in [0.25, 0.3) is 0 Å². The first-order valence-electron chi connectivity index (χ1n) is 5.84. The second-order valence-corrected chi connectivity index (χ2v) is 4.91. The number of rotatable bonds is 2. The second-order valence-electron chi connectivity index (χ2n) is 4.91. The molecule has 0 aromatic heterocycles. The van der Waals surface area contributed by atoms with Gasteiger partial charge in [0, 0.05) is 31.7 Å². The minimum Gasteiger partial charge on any atom is -0.311 e. The zero-order valence-corrected chi connectivity index (χ0v) is 9.24. The van der Waals surface area contributed by atoms with Gasteiger partial charge in [-0.3, -0.25) is 4.90 Å². The van der Waals surface area contributed by atoms with Crippen LogP contribution in [0.1, 0.15) is 17.5 Å². The van der Waals surface area contributed by atoms with E-state index in [4.69, 9.17) is 0 Å². The normalized spacial score (nSPS) is 29.9. The van der Waals surface area contributed by atoms with Gasteiger partial charge >= 0.3 is 0 Å². The van der Waals surface area contributed by atoms with E-state index in [-0.39, 0.29) is 0 Å². The zero-order valence-electron chi connectivity index (χ0n) is 9.24. The van der Waals surface area contributed by atoms with Crippen LogP contribution in [0.15, 0.2) is 24.3 Å². The summed E-state index contributed by atoms with van der Waals surface area (Å²) in [5.41, 5.74) is 2.80. The van der Waals surface area contributed by atoms with E-state index < -0.39 is 0 Å². The van der Waals surface area contributed by atoms with Gasteiger partial charge in [0.2, 0.25) is 0 Å². The van der Waals surface area contributed by atoms with Crippen LogP contribution in [0.5, 0.6) is 0 Å². The molecule has 2 heteroatoms. The van der Waals surface area contributed by atoms with Crippen LogP contribution >= 0.6 is 0 Å². The number of benzene rings is 1. The molecule has 2 heterocycles. The Morgan fingerprint density at radius 3 is 2.73 bits per heavy atom. The molecule has 80 valence electrons. The lowest BCUT2D eigenvalue weighted by Crippen LogP contribution is -2.42. The van der Waals surface area contributed by atoms with Crippen LogP contribution in [0, 0.1) is 6.92 Å². The Morgan fingerprint density at radius 1 is 1.33 bits per heavy atom. The molecule has 1 aromatic rings. The minimum atomic E-state index is 0.764. The van der Waals surface area contributed by atoms with E-state index in [0.29, 0.717) is 0 Å². The molecule has 0 spiro atoms. The summed E-state index contributed by atoms with van der Waals surface area (Å²) in [6.07, 6.45) is 1.35. The number of aryl methyl sites for hydroxylation is 1. The molecule has 0 radical (unpaired) electrons. The Kier molecular flexibility index (Phi) is 2.26. The maximum atomic E-state index is 3.54. The maximum Gasteiger partial charge on any atom is 0.0240 e. The molecular weight excluding hydrogens is 184 g/mol. The summed E-state index contributed by atoms with van der Waals surface area (Å²) in [6, 6.07) is 10.5. The van der Waals surface area contributed by atoms with Crippen LogP contribution in [0.2, 0.25) is 0 Å². The van der Waals surface area contributed by atoms with Crippen molar-refractivity contribution in [1.82, 2.24) is 10.2 Å². The van der Waals surface area contributed by atoms with E-state index in [9.17, 15) is 0 Å². The van der Waals surface area contributed by atoms with Crippen LogP contribution in [0.4, 0.5) is 0 Å². The van der Waals surface area contributed by atoms with E-state index in [0.717, 1.165) is 18.6 Å². The van der Waals surface area contributed by atoms with Gasteiger partial charge in [-0.05, 0) is 18.9 Å². The smallest absolute Gasteiger partial charge is 0.0240 e. The molecule has 1 N–H and O–H groups in total. The molecule has 0 saturated carbocycles. The highest BCUT2D eigenvalue weighted by atomic mass is 15.3. The van der Waals surface area contributed by atoms with Crippen molar-refractivity contribution in [3.63, 3.8) is 0 Å². The number of nitrogens with zero attached hydrogens (tertiary/aromatic N) is 1. The zero-order chi connectivity index (χ0) is 10.3. The Hall–Kier alpha value is -0.860. The molecule has 2 aliphatic rings. The molecule has 3 rings (SSSR count). The van der Waals surface area contributed by atoms with Crippen LogP contribution in [-0.2, 0) is 6.54 Å². The summed E-state index contributed by atoms with van der Waals surface area (Å²) >= 11 is 0. The molecule has 2 bridgehead atoms. The van der Waals surface area contributed by atoms with Gasteiger partial charge in [-0.15, -0.1) is 0 Å². The van der Waals surface area contributed by atoms with E-state index in [2.05, 4.69) is 41.4 Å². The van der Waals surface area contributed by atoms with E-state index >= 15 is 0 Å². The van der Waals surface area contributed by atoms with Gasteiger partial charge < -0.3 is 5.32 Å². The van der Waals surface area contributed by atoms with Gasteiger partial charge in [-0.2, -0.15) is 0 Å². The summed E-state index contributed by atoms with van der Waals surface area (Å²) in [4.78, 5) is 2.62. The topological polar surface area (TPSA) is 15.3 Å². The summed E-state index contributed by atoms with van der Waals surface area (Å²) in [5.74, 6) is 0. The third-order valence-corrected chi connectivity index (χ3v) is 3.68. The average molecular weight is 202 g/mol. The lowest BCUT2D eigenvalue weighted by atomic mass is 10.1. The molecule has 2 nitrogen and oxygen atoms in total. The van der Waals surface area contributed by atoms with E-state index in [1.807, 2.05) is 0 Å². The van der Waals surface area contributed by atoms with Crippen molar-refractivity contribution < 1.29 is 0 Å². The summed E-state index contributed by atoms with van der Waals surface area (Å²) in [7, 11) is 0. The highest BCUT2D eigenvalue weighted by Crippen LogP contribution is 2.24. The van der Waals surface area contributed by atoms with Crippen molar-refractivity contribution in [1.29, 1.82) is 0 Å². The fourth-order valence-electron chi connectivity index (χ4n) is 2.77. The molecule has 2 atom stereocenters. The molecule has 0 aliphatic carbocycles. The third kappa shape index (κ3) is 1.80. The average Bonchev–Trinajstić information content (AvgIpc) is 2.83. The fraction of sp³-hybridized carbons (Fsp3) is 0.538. The van der Waals surface area contributed by atoms with Gasteiger partial charge in [0.05, 0.1) is 0 Å². The largest absolute Gasteiger partial charge is 0.311 e. The molecular formula is C13H18N2. The number of hydrogen-bond donors (Lipinski definition) is 1. The highest BCUT2D eigenvalue weighted by Gasteiger charge is 2.36. The monoisotopic (exact) mass is 202 g/mol. The van der Waals surface area contributed by atoms with Crippen molar-refractivity contribution in [3.8, 4) is 0 Å². The SMILES string of the molecule is Cc1ccc(CN2C[C@@H]3C[C@H]2CN3)cc1. The Morgan fingerprint density at radius 2 is 2.13 bits per heavy atom. The number of likely N-dealkylation sites (tertiary alicyclic amines) is 1. The van der Waals surface area contributed by atoms with Crippen molar-refractivity contribution in [3.05, 3.63) is 35.4 Å². The Labute approximate surface area is 91.3 Å². The number of piperazine rings is 1. The van der Waals surface area contributed by atoms with Crippen LogP contribution in [-0.4, -0.2) is 30.1 Å². The highest BCUT2D eigenvalue weighted by molar-refractivity contribution is 5.21. The van der Waals surface area contributed by atoms with Gasteiger partial charge in [0.1, 0.15) is 0 Å². The van der Waals surface area contributed by atoms with Crippen molar-refractivity contribution in [2.45, 2.75) is 32.0 Å². The number of fused-ring (bicyclic) bond motifs is 2. The first-order chi connectivity index (χ1) is 7.31. The molecule has 1 aromatic carbocycles. The summed E-state index contributed by atoms with van der Waals surface area (Å²) < 4.78 is 0. The van der Waals surface area contributed by atoms with E-state index in [1.165, 1.54) is 30.6 Å². The fourth-order valence-corrected chi connectivity index (χ4v) is 2.77. The van der Waals surface area contributed by atoms with Crippen molar-refractivity contribution in [2.75, 3.05) is 13.1 Å². The predicted octanol–water partition coefficient (Wildman–Crippen LogP) is 1.54. The van der Waals surface area contributed by atoms with Crippen molar-refractivity contribution in [2.24, 2.45) is 0 Å². The van der Waals surface area contributed by atoms with Gasteiger partial charge in [-0.25, -0.2) is 0 Å². The summed E-state index contributed by atoms with van der Waals surface area (Å²) in [6.45, 7) is 5.70. The second kappa shape index (κ2) is 3.62. The number of hydrogen-bond acceptors (Lipinski definition) is 2. The first kappa shape index (κ1) is 9.37. The number of nitrogens with one attached hydrogen (secondary N) is 1. The quantitative estimate of drug-likeness (QED) is 0.782. The van der Waals surface area contributed by atoms with Gasteiger partial charge in [0.15, 0.2) is 0 Å². The minimum absolute atomic E-state index is 0.764. The molecule has 2 fully saturated rings. The Balaban J connectivity index is 1.68. The summed E-state index contributed by atoms with van der Waals surface area (Å²) in [5, 5.41) is 3.54. The lowest BCUT2D eigenvalue weighted by molar-refractivity contribution is 0.218. The maximum absolute atomic E-state index is 3.54. The lowest BCUT2D eigenvalue weighted by Gasteiger charge is -2.27. The predicted molar refractivity (Wildman–Crippen MR) is 61.8 cm³/mol. The third-order valence-electron chi connectivity index (χ3n) is 3.68. The molecule has 0 amide bonds. The van der Waals surface area contributed by atoms with Crippen LogP contribution in [0.25, 0.3) is 0 Å². The standard InChI is InChI=1S/C13H18N2/c1-10-2-4-11(5-3-10)8-15-9-12-6-13(15)7-14-12/h2-5,12-14H,6-9H2,1H3/t12-,13-/m0/s1. The molecule has 0 unspecified atom stereocenters. The molecule has 2 saturated heterocycles. The van der Waals surface area contributed by atoms with Gasteiger partial charge in [-0.1, -0.05) is 29.8 Å². The van der Waals surface area contributed by atoms with Crippen molar-refractivity contribution >= 4 is 0 Å². The van der Waals surface area contributed by atoms with Crippen LogP contribution in [0.3, 0.4) is 0 Å².